The van der Waals surface area contributed by atoms with Crippen LogP contribution in [0.2, 0.25) is 0 Å². The Kier molecular flexibility index (Phi) is 5.09. The molecule has 0 saturated carbocycles. The van der Waals surface area contributed by atoms with Crippen molar-refractivity contribution in [3.63, 3.8) is 0 Å². The lowest BCUT2D eigenvalue weighted by Crippen LogP contribution is -2.53. The van der Waals surface area contributed by atoms with Crippen LogP contribution in [-0.2, 0) is 6.42 Å². The molecule has 0 aliphatic heterocycles. The van der Waals surface area contributed by atoms with Crippen molar-refractivity contribution < 1.29 is 4.39 Å². The molecule has 0 fully saturated rings. The van der Waals surface area contributed by atoms with Crippen molar-refractivity contribution in [2.24, 2.45) is 5.73 Å². The molecule has 0 aromatic heterocycles. The van der Waals surface area contributed by atoms with Gasteiger partial charge in [0.1, 0.15) is 5.82 Å². The van der Waals surface area contributed by atoms with E-state index in [0.717, 1.165) is 18.4 Å². The second-order valence-corrected chi connectivity index (χ2v) is 5.03. The molecule has 0 saturated heterocycles. The van der Waals surface area contributed by atoms with Gasteiger partial charge in [0.05, 0.1) is 0 Å². The highest BCUT2D eigenvalue weighted by Crippen LogP contribution is 2.14. The van der Waals surface area contributed by atoms with Crippen LogP contribution in [0.1, 0.15) is 32.8 Å². The van der Waals surface area contributed by atoms with Gasteiger partial charge in [-0.25, -0.2) is 4.39 Å². The average Bonchev–Trinajstić information content (AvgIpc) is 2.28. The first-order chi connectivity index (χ1) is 7.99. The van der Waals surface area contributed by atoms with Gasteiger partial charge in [-0.3, -0.25) is 0 Å². The number of halogens is 1. The molecule has 0 aliphatic carbocycles. The lowest BCUT2D eigenvalue weighted by molar-refractivity contribution is 0.317. The molecule has 0 radical (unpaired) electrons. The zero-order valence-corrected chi connectivity index (χ0v) is 11.0. The van der Waals surface area contributed by atoms with Crippen LogP contribution in [0.3, 0.4) is 0 Å². The van der Waals surface area contributed by atoms with E-state index in [2.05, 4.69) is 26.1 Å². The monoisotopic (exact) mass is 238 g/mol. The van der Waals surface area contributed by atoms with Crippen molar-refractivity contribution in [3.8, 4) is 0 Å². The molecule has 0 bridgehead atoms. The molecule has 2 nitrogen and oxygen atoms in total. The molecule has 17 heavy (non-hydrogen) atoms. The summed E-state index contributed by atoms with van der Waals surface area (Å²) < 4.78 is 13.1. The van der Waals surface area contributed by atoms with Crippen molar-refractivity contribution in [3.05, 3.63) is 35.6 Å². The fraction of sp³-hybridized carbons (Fsp3) is 0.571. The minimum atomic E-state index is -0.189. The third kappa shape index (κ3) is 4.44. The minimum absolute atomic E-state index is 0.177. The molecule has 1 aromatic rings. The standard InChI is InChI=1S/C14H23FN2/c1-4-11(2)17-14(3,10-16)9-12-6-5-7-13(15)8-12/h5-8,11,17H,4,9-10,16H2,1-3H3. The summed E-state index contributed by atoms with van der Waals surface area (Å²) in [5, 5.41) is 3.51. The van der Waals surface area contributed by atoms with Crippen molar-refractivity contribution >= 4 is 0 Å². The first kappa shape index (κ1) is 14.1. The summed E-state index contributed by atoms with van der Waals surface area (Å²) in [5.74, 6) is -0.189. The predicted molar refractivity (Wildman–Crippen MR) is 70.5 cm³/mol. The Balaban J connectivity index is 2.74. The second-order valence-electron chi connectivity index (χ2n) is 5.03. The van der Waals surface area contributed by atoms with Crippen molar-refractivity contribution in [2.75, 3.05) is 6.54 Å². The number of benzene rings is 1. The molecule has 96 valence electrons. The topological polar surface area (TPSA) is 38.0 Å². The van der Waals surface area contributed by atoms with Gasteiger partial charge in [-0.1, -0.05) is 19.1 Å². The SMILES string of the molecule is CCC(C)NC(C)(CN)Cc1cccc(F)c1. The number of nitrogens with one attached hydrogen (secondary N) is 1. The molecule has 3 N–H and O–H groups in total. The van der Waals surface area contributed by atoms with E-state index in [9.17, 15) is 4.39 Å². The Morgan fingerprint density at radius 3 is 2.71 bits per heavy atom. The summed E-state index contributed by atoms with van der Waals surface area (Å²) >= 11 is 0. The lowest BCUT2D eigenvalue weighted by Gasteiger charge is -2.33. The number of nitrogens with two attached hydrogens (primary N) is 1. The zero-order chi connectivity index (χ0) is 12.9. The van der Waals surface area contributed by atoms with Gasteiger partial charge in [0, 0.05) is 18.1 Å². The van der Waals surface area contributed by atoms with E-state index in [1.807, 2.05) is 6.07 Å². The van der Waals surface area contributed by atoms with Crippen molar-refractivity contribution in [1.82, 2.24) is 5.32 Å². The van der Waals surface area contributed by atoms with Crippen LogP contribution >= 0.6 is 0 Å². The van der Waals surface area contributed by atoms with Gasteiger partial charge in [-0.05, 0) is 44.4 Å². The third-order valence-electron chi connectivity index (χ3n) is 3.14. The van der Waals surface area contributed by atoms with Crippen LogP contribution in [0.4, 0.5) is 4.39 Å². The van der Waals surface area contributed by atoms with Crippen LogP contribution in [0.15, 0.2) is 24.3 Å². The minimum Gasteiger partial charge on any atom is -0.329 e. The van der Waals surface area contributed by atoms with Gasteiger partial charge in [0.25, 0.3) is 0 Å². The molecule has 0 amide bonds. The highest BCUT2D eigenvalue weighted by Gasteiger charge is 2.24. The Hall–Kier alpha value is -0.930. The maximum atomic E-state index is 13.1. The molecule has 0 aliphatic rings. The second kappa shape index (κ2) is 6.12. The van der Waals surface area contributed by atoms with Gasteiger partial charge < -0.3 is 11.1 Å². The Morgan fingerprint density at radius 1 is 1.47 bits per heavy atom. The van der Waals surface area contributed by atoms with E-state index >= 15 is 0 Å². The molecule has 3 heteroatoms. The fourth-order valence-corrected chi connectivity index (χ4v) is 1.98. The maximum absolute atomic E-state index is 13.1. The smallest absolute Gasteiger partial charge is 0.123 e. The van der Waals surface area contributed by atoms with Crippen LogP contribution in [0.5, 0.6) is 0 Å². The van der Waals surface area contributed by atoms with Crippen LogP contribution in [-0.4, -0.2) is 18.1 Å². The first-order valence-corrected chi connectivity index (χ1v) is 6.21. The number of rotatable bonds is 6. The maximum Gasteiger partial charge on any atom is 0.123 e. The van der Waals surface area contributed by atoms with Gasteiger partial charge >= 0.3 is 0 Å². The summed E-state index contributed by atoms with van der Waals surface area (Å²) in [6.45, 7) is 6.90. The van der Waals surface area contributed by atoms with E-state index in [0.29, 0.717) is 12.6 Å². The van der Waals surface area contributed by atoms with E-state index < -0.39 is 0 Å². The molecular formula is C14H23FN2. The molecule has 1 aromatic carbocycles. The molecule has 1 rings (SSSR count). The Morgan fingerprint density at radius 2 is 2.18 bits per heavy atom. The van der Waals surface area contributed by atoms with E-state index in [1.54, 1.807) is 12.1 Å². The number of hydrogen-bond donors (Lipinski definition) is 2. The molecule has 0 heterocycles. The average molecular weight is 238 g/mol. The van der Waals surface area contributed by atoms with Gasteiger partial charge in [-0.2, -0.15) is 0 Å². The zero-order valence-electron chi connectivity index (χ0n) is 11.0. The van der Waals surface area contributed by atoms with Gasteiger partial charge in [-0.15, -0.1) is 0 Å². The van der Waals surface area contributed by atoms with Crippen LogP contribution in [0, 0.1) is 5.82 Å². The van der Waals surface area contributed by atoms with E-state index in [-0.39, 0.29) is 11.4 Å². The highest BCUT2D eigenvalue weighted by atomic mass is 19.1. The predicted octanol–water partition coefficient (Wildman–Crippen LogP) is 2.47. The largest absolute Gasteiger partial charge is 0.329 e. The van der Waals surface area contributed by atoms with E-state index in [1.165, 1.54) is 6.07 Å². The Bertz CT molecular complexity index is 354. The van der Waals surface area contributed by atoms with Gasteiger partial charge in [0.2, 0.25) is 0 Å². The summed E-state index contributed by atoms with van der Waals surface area (Å²) in [5.41, 5.74) is 6.64. The van der Waals surface area contributed by atoms with Crippen molar-refractivity contribution in [1.29, 1.82) is 0 Å². The van der Waals surface area contributed by atoms with E-state index in [4.69, 9.17) is 5.73 Å². The molecular weight excluding hydrogens is 215 g/mol. The summed E-state index contributed by atoms with van der Waals surface area (Å²) in [6.07, 6.45) is 1.80. The normalized spacial score (nSPS) is 16.5. The molecule has 2 atom stereocenters. The summed E-state index contributed by atoms with van der Waals surface area (Å²) in [7, 11) is 0. The number of hydrogen-bond acceptors (Lipinski definition) is 2. The first-order valence-electron chi connectivity index (χ1n) is 6.21. The van der Waals surface area contributed by atoms with Gasteiger partial charge in [0.15, 0.2) is 0 Å². The summed E-state index contributed by atoms with van der Waals surface area (Å²) in [4.78, 5) is 0. The third-order valence-corrected chi connectivity index (χ3v) is 3.14. The Labute approximate surface area is 103 Å². The fourth-order valence-electron chi connectivity index (χ4n) is 1.98. The highest BCUT2D eigenvalue weighted by molar-refractivity contribution is 5.19. The quantitative estimate of drug-likeness (QED) is 0.799. The van der Waals surface area contributed by atoms with Crippen LogP contribution in [0.25, 0.3) is 0 Å². The molecule has 2 unspecified atom stereocenters. The lowest BCUT2D eigenvalue weighted by atomic mass is 9.91. The van der Waals surface area contributed by atoms with Crippen molar-refractivity contribution in [2.45, 2.75) is 45.2 Å². The summed E-state index contributed by atoms with van der Waals surface area (Å²) in [6, 6.07) is 7.13. The molecule has 0 spiro atoms. The van der Waals surface area contributed by atoms with Crippen LogP contribution < -0.4 is 11.1 Å².